The minimum absolute atomic E-state index is 0.0259. The van der Waals surface area contributed by atoms with Crippen molar-refractivity contribution in [1.82, 2.24) is 5.32 Å². The second kappa shape index (κ2) is 7.60. The molecule has 0 aromatic heterocycles. The van der Waals surface area contributed by atoms with Crippen molar-refractivity contribution in [3.63, 3.8) is 0 Å². The highest BCUT2D eigenvalue weighted by Gasteiger charge is 2.07. The summed E-state index contributed by atoms with van der Waals surface area (Å²) in [6.07, 6.45) is 1.00. The molecule has 1 atom stereocenters. The number of hydrogen-bond acceptors (Lipinski definition) is 2. The fourth-order valence-electron chi connectivity index (χ4n) is 2.13. The van der Waals surface area contributed by atoms with Gasteiger partial charge in [-0.25, -0.2) is 0 Å². The van der Waals surface area contributed by atoms with Crippen LogP contribution in [-0.2, 0) is 11.2 Å². The molecule has 2 aromatic carbocycles. The van der Waals surface area contributed by atoms with E-state index in [-0.39, 0.29) is 11.9 Å². The van der Waals surface area contributed by atoms with Crippen LogP contribution >= 0.6 is 0 Å². The molecule has 1 amide bonds. The zero-order valence-corrected chi connectivity index (χ0v) is 12.6. The molecule has 0 unspecified atom stereocenters. The summed E-state index contributed by atoms with van der Waals surface area (Å²) in [6.45, 7) is 4.47. The van der Waals surface area contributed by atoms with E-state index in [0.717, 1.165) is 12.1 Å². The number of nitrogens with one attached hydrogen (secondary N) is 2. The van der Waals surface area contributed by atoms with Gasteiger partial charge in [0.15, 0.2) is 0 Å². The molecule has 21 heavy (non-hydrogen) atoms. The number of carbonyl (C=O) groups excluding carboxylic acids is 1. The molecule has 0 saturated heterocycles. The Morgan fingerprint density at radius 3 is 2.33 bits per heavy atom. The molecule has 0 saturated carbocycles. The molecule has 0 bridgehead atoms. The Bertz CT molecular complexity index is 564. The van der Waals surface area contributed by atoms with E-state index in [2.05, 4.69) is 36.6 Å². The number of carbonyl (C=O) groups is 1. The summed E-state index contributed by atoms with van der Waals surface area (Å²) in [7, 11) is 0. The van der Waals surface area contributed by atoms with Crippen molar-refractivity contribution in [2.75, 3.05) is 11.9 Å². The Labute approximate surface area is 126 Å². The minimum atomic E-state index is -0.0259. The van der Waals surface area contributed by atoms with E-state index < -0.39 is 0 Å². The molecule has 3 nitrogen and oxygen atoms in total. The standard InChI is InChI=1S/C18H22N2O/c1-3-15-9-11-17(12-10-15)20-18(21)13-19-14(2)16-7-5-4-6-8-16/h4-12,14,19H,3,13H2,1-2H3,(H,20,21)/t14-/m1/s1. The molecule has 0 fully saturated rings. The lowest BCUT2D eigenvalue weighted by Crippen LogP contribution is -2.30. The van der Waals surface area contributed by atoms with E-state index >= 15 is 0 Å². The first-order valence-electron chi connectivity index (χ1n) is 7.36. The normalized spacial score (nSPS) is 11.9. The monoisotopic (exact) mass is 282 g/mol. The van der Waals surface area contributed by atoms with Gasteiger partial charge in [0, 0.05) is 11.7 Å². The quantitative estimate of drug-likeness (QED) is 0.851. The predicted molar refractivity (Wildman–Crippen MR) is 87.3 cm³/mol. The van der Waals surface area contributed by atoms with Crippen molar-refractivity contribution in [2.24, 2.45) is 0 Å². The number of rotatable bonds is 6. The lowest BCUT2D eigenvalue weighted by Gasteiger charge is -2.14. The van der Waals surface area contributed by atoms with E-state index in [0.29, 0.717) is 6.54 Å². The Morgan fingerprint density at radius 2 is 1.71 bits per heavy atom. The van der Waals surface area contributed by atoms with Gasteiger partial charge in [0.05, 0.1) is 6.54 Å². The van der Waals surface area contributed by atoms with E-state index in [1.165, 1.54) is 11.1 Å². The molecule has 3 heteroatoms. The Hall–Kier alpha value is -2.13. The third-order valence-electron chi connectivity index (χ3n) is 3.51. The summed E-state index contributed by atoms with van der Waals surface area (Å²) in [6, 6.07) is 18.2. The zero-order chi connectivity index (χ0) is 15.1. The Kier molecular flexibility index (Phi) is 5.52. The zero-order valence-electron chi connectivity index (χ0n) is 12.6. The van der Waals surface area contributed by atoms with E-state index in [9.17, 15) is 4.79 Å². The molecule has 0 radical (unpaired) electrons. The molecule has 0 aliphatic heterocycles. The summed E-state index contributed by atoms with van der Waals surface area (Å²) in [5, 5.41) is 6.13. The third-order valence-corrected chi connectivity index (χ3v) is 3.51. The second-order valence-electron chi connectivity index (χ2n) is 5.11. The summed E-state index contributed by atoms with van der Waals surface area (Å²) in [5.41, 5.74) is 3.28. The summed E-state index contributed by atoms with van der Waals surface area (Å²) >= 11 is 0. The number of anilines is 1. The van der Waals surface area contributed by atoms with Gasteiger partial charge in [0.2, 0.25) is 5.91 Å². The largest absolute Gasteiger partial charge is 0.325 e. The lowest BCUT2D eigenvalue weighted by molar-refractivity contribution is -0.115. The predicted octanol–water partition coefficient (Wildman–Crippen LogP) is 3.54. The average Bonchev–Trinajstić information content (AvgIpc) is 2.54. The van der Waals surface area contributed by atoms with Crippen LogP contribution < -0.4 is 10.6 Å². The maximum absolute atomic E-state index is 11.9. The number of amides is 1. The van der Waals surface area contributed by atoms with Crippen LogP contribution in [0.4, 0.5) is 5.69 Å². The second-order valence-corrected chi connectivity index (χ2v) is 5.11. The maximum atomic E-state index is 11.9. The molecule has 110 valence electrons. The van der Waals surface area contributed by atoms with Crippen LogP contribution in [0.5, 0.6) is 0 Å². The molecule has 0 spiro atoms. The van der Waals surface area contributed by atoms with E-state index in [4.69, 9.17) is 0 Å². The summed E-state index contributed by atoms with van der Waals surface area (Å²) < 4.78 is 0. The number of hydrogen-bond donors (Lipinski definition) is 2. The smallest absolute Gasteiger partial charge is 0.238 e. The Morgan fingerprint density at radius 1 is 1.05 bits per heavy atom. The van der Waals surface area contributed by atoms with Crippen LogP contribution in [0.25, 0.3) is 0 Å². The van der Waals surface area contributed by atoms with Gasteiger partial charge in [-0.3, -0.25) is 4.79 Å². The van der Waals surface area contributed by atoms with Gasteiger partial charge in [-0.05, 0) is 36.6 Å². The molecule has 0 aliphatic rings. The molecule has 2 N–H and O–H groups in total. The van der Waals surface area contributed by atoms with Gasteiger partial charge < -0.3 is 10.6 Å². The van der Waals surface area contributed by atoms with Crippen molar-refractivity contribution in [2.45, 2.75) is 26.3 Å². The number of benzene rings is 2. The van der Waals surface area contributed by atoms with Crippen LogP contribution in [-0.4, -0.2) is 12.5 Å². The van der Waals surface area contributed by atoms with Gasteiger partial charge >= 0.3 is 0 Å². The first-order valence-corrected chi connectivity index (χ1v) is 7.36. The van der Waals surface area contributed by atoms with Crippen LogP contribution in [0.3, 0.4) is 0 Å². The average molecular weight is 282 g/mol. The Balaban J connectivity index is 1.81. The molecule has 0 aliphatic carbocycles. The van der Waals surface area contributed by atoms with Crippen LogP contribution in [0, 0.1) is 0 Å². The van der Waals surface area contributed by atoms with Crippen LogP contribution in [0.2, 0.25) is 0 Å². The molecular formula is C18H22N2O. The maximum Gasteiger partial charge on any atom is 0.238 e. The van der Waals surface area contributed by atoms with E-state index in [1.54, 1.807) is 0 Å². The molecule has 2 aromatic rings. The molecule has 0 heterocycles. The summed E-state index contributed by atoms with van der Waals surface area (Å²) in [5.74, 6) is -0.0259. The van der Waals surface area contributed by atoms with Crippen LogP contribution in [0.1, 0.15) is 31.0 Å². The van der Waals surface area contributed by atoms with Crippen molar-refractivity contribution in [3.05, 3.63) is 65.7 Å². The first kappa shape index (κ1) is 15.3. The minimum Gasteiger partial charge on any atom is -0.325 e. The SMILES string of the molecule is CCc1ccc(NC(=O)CN[C@H](C)c2ccccc2)cc1. The van der Waals surface area contributed by atoms with Crippen molar-refractivity contribution >= 4 is 11.6 Å². The third kappa shape index (κ3) is 4.72. The van der Waals surface area contributed by atoms with E-state index in [1.807, 2.05) is 42.5 Å². The molecular weight excluding hydrogens is 260 g/mol. The van der Waals surface area contributed by atoms with Gasteiger partial charge in [-0.15, -0.1) is 0 Å². The first-order chi connectivity index (χ1) is 10.2. The van der Waals surface area contributed by atoms with Crippen LogP contribution in [0.15, 0.2) is 54.6 Å². The number of aryl methyl sites for hydroxylation is 1. The van der Waals surface area contributed by atoms with Gasteiger partial charge in [-0.1, -0.05) is 49.4 Å². The fourth-order valence-corrected chi connectivity index (χ4v) is 2.13. The van der Waals surface area contributed by atoms with Crippen molar-refractivity contribution in [3.8, 4) is 0 Å². The highest BCUT2D eigenvalue weighted by Crippen LogP contribution is 2.12. The van der Waals surface area contributed by atoms with Crippen molar-refractivity contribution < 1.29 is 4.79 Å². The van der Waals surface area contributed by atoms with Crippen molar-refractivity contribution in [1.29, 1.82) is 0 Å². The topological polar surface area (TPSA) is 41.1 Å². The van der Waals surface area contributed by atoms with Gasteiger partial charge in [0.1, 0.15) is 0 Å². The molecule has 2 rings (SSSR count). The summed E-state index contributed by atoms with van der Waals surface area (Å²) in [4.78, 5) is 11.9. The highest BCUT2D eigenvalue weighted by atomic mass is 16.1. The van der Waals surface area contributed by atoms with Gasteiger partial charge in [0.25, 0.3) is 0 Å². The lowest BCUT2D eigenvalue weighted by atomic mass is 10.1. The van der Waals surface area contributed by atoms with Gasteiger partial charge in [-0.2, -0.15) is 0 Å². The fraction of sp³-hybridized carbons (Fsp3) is 0.278. The highest BCUT2D eigenvalue weighted by molar-refractivity contribution is 5.92.